The highest BCUT2D eigenvalue weighted by atomic mass is 35.5. The zero-order valence-electron chi connectivity index (χ0n) is 18.1. The molecule has 1 aromatic rings. The monoisotopic (exact) mass is 435 g/mol. The van der Waals surface area contributed by atoms with E-state index in [0.717, 1.165) is 30.2 Å². The summed E-state index contributed by atoms with van der Waals surface area (Å²) in [5.41, 5.74) is 2.41. The Hall–Kier alpha value is -2.31. The summed E-state index contributed by atoms with van der Waals surface area (Å²) in [7, 11) is 0. The second-order valence-corrected chi connectivity index (χ2v) is 8.64. The Morgan fingerprint density at radius 3 is 2.50 bits per heavy atom. The number of phenolic OH excluding ortho intramolecular Hbond substituents is 2. The van der Waals surface area contributed by atoms with Crippen molar-refractivity contribution in [1.29, 1.82) is 0 Å². The van der Waals surface area contributed by atoms with E-state index in [1.54, 1.807) is 20.8 Å². The van der Waals surface area contributed by atoms with Gasteiger partial charge in [-0.15, -0.1) is 0 Å². The molecular formula is C23H30ClNO5. The molecule has 1 heterocycles. The van der Waals surface area contributed by atoms with Gasteiger partial charge in [0, 0.05) is 17.5 Å². The summed E-state index contributed by atoms with van der Waals surface area (Å²) in [6, 6.07) is 0. The Morgan fingerprint density at radius 2 is 1.93 bits per heavy atom. The molecule has 1 aliphatic rings. The Kier molecular flexibility index (Phi) is 7.72. The third-order valence-corrected chi connectivity index (χ3v) is 6.06. The number of nitrogens with zero attached hydrogens (tertiary/aromatic N) is 1. The van der Waals surface area contributed by atoms with E-state index < -0.39 is 5.60 Å². The van der Waals surface area contributed by atoms with Crippen LogP contribution < -0.4 is 0 Å². The van der Waals surface area contributed by atoms with Crippen molar-refractivity contribution in [3.63, 3.8) is 0 Å². The molecule has 0 radical (unpaired) electrons. The molecule has 1 atom stereocenters. The van der Waals surface area contributed by atoms with Crippen LogP contribution in [0.4, 0.5) is 0 Å². The van der Waals surface area contributed by atoms with E-state index in [1.807, 2.05) is 19.9 Å². The Morgan fingerprint density at radius 1 is 1.27 bits per heavy atom. The van der Waals surface area contributed by atoms with Crippen LogP contribution in [0.1, 0.15) is 63.6 Å². The van der Waals surface area contributed by atoms with Crippen LogP contribution in [-0.2, 0) is 16.0 Å². The molecule has 0 bridgehead atoms. The fourth-order valence-electron chi connectivity index (χ4n) is 3.46. The SMILES string of the molecule is C/C(=C\Cc1c(O)c(Cl)c(C)c(/C=N/O)c1O)CC/C=C(\C)C1CC(=O)C(C)(C)O1. The van der Waals surface area contributed by atoms with E-state index in [1.165, 1.54) is 0 Å². The number of halogens is 1. The van der Waals surface area contributed by atoms with E-state index in [-0.39, 0.29) is 46.0 Å². The molecule has 1 fully saturated rings. The van der Waals surface area contributed by atoms with Gasteiger partial charge in [-0.1, -0.05) is 34.5 Å². The maximum Gasteiger partial charge on any atom is 0.167 e. The molecule has 1 aliphatic heterocycles. The minimum absolute atomic E-state index is 0.122. The lowest BCUT2D eigenvalue weighted by Crippen LogP contribution is -2.27. The maximum absolute atomic E-state index is 11.9. The number of allylic oxidation sites excluding steroid dienone is 3. The van der Waals surface area contributed by atoms with Gasteiger partial charge in [0.15, 0.2) is 5.78 Å². The minimum atomic E-state index is -0.714. The van der Waals surface area contributed by atoms with Crippen molar-refractivity contribution in [3.05, 3.63) is 45.0 Å². The van der Waals surface area contributed by atoms with E-state index in [9.17, 15) is 15.0 Å². The first-order valence-electron chi connectivity index (χ1n) is 9.93. The smallest absolute Gasteiger partial charge is 0.167 e. The van der Waals surface area contributed by atoms with Gasteiger partial charge in [0.25, 0.3) is 0 Å². The van der Waals surface area contributed by atoms with Gasteiger partial charge < -0.3 is 20.2 Å². The lowest BCUT2D eigenvalue weighted by atomic mass is 9.98. The van der Waals surface area contributed by atoms with Gasteiger partial charge in [-0.2, -0.15) is 0 Å². The predicted octanol–water partition coefficient (Wildman–Crippen LogP) is 5.22. The number of hydrogen-bond acceptors (Lipinski definition) is 6. The highest BCUT2D eigenvalue weighted by molar-refractivity contribution is 6.33. The van der Waals surface area contributed by atoms with E-state index >= 15 is 0 Å². The molecule has 7 heteroatoms. The number of aromatic hydroxyl groups is 2. The lowest BCUT2D eigenvalue weighted by molar-refractivity contribution is -0.129. The normalized spacial score (nSPS) is 19.8. The summed E-state index contributed by atoms with van der Waals surface area (Å²) in [5.74, 6) is -0.205. The molecule has 0 saturated carbocycles. The van der Waals surface area contributed by atoms with Gasteiger partial charge in [0.05, 0.1) is 17.3 Å². The molecule has 6 nitrogen and oxygen atoms in total. The molecule has 0 spiro atoms. The fraction of sp³-hybridized carbons (Fsp3) is 0.478. The van der Waals surface area contributed by atoms with Crippen LogP contribution in [0.25, 0.3) is 0 Å². The van der Waals surface area contributed by atoms with Crippen molar-refractivity contribution in [2.45, 2.75) is 72.0 Å². The first-order valence-corrected chi connectivity index (χ1v) is 10.3. The third-order valence-electron chi connectivity index (χ3n) is 5.60. The fourth-order valence-corrected chi connectivity index (χ4v) is 3.67. The highest BCUT2D eigenvalue weighted by Gasteiger charge is 2.40. The van der Waals surface area contributed by atoms with E-state index in [4.69, 9.17) is 21.5 Å². The van der Waals surface area contributed by atoms with Crippen LogP contribution in [0.15, 0.2) is 28.5 Å². The van der Waals surface area contributed by atoms with Crippen molar-refractivity contribution in [1.82, 2.24) is 0 Å². The second-order valence-electron chi connectivity index (χ2n) is 8.26. The van der Waals surface area contributed by atoms with Crippen LogP contribution in [0, 0.1) is 6.92 Å². The summed E-state index contributed by atoms with van der Waals surface area (Å²) < 4.78 is 5.83. The van der Waals surface area contributed by atoms with Crippen molar-refractivity contribution in [3.8, 4) is 11.5 Å². The van der Waals surface area contributed by atoms with Crippen LogP contribution >= 0.6 is 11.6 Å². The molecule has 1 unspecified atom stereocenters. The molecule has 164 valence electrons. The number of ether oxygens (including phenoxy) is 1. The number of ketones is 1. The van der Waals surface area contributed by atoms with Crippen LogP contribution in [0.5, 0.6) is 11.5 Å². The van der Waals surface area contributed by atoms with Crippen molar-refractivity contribution in [2.24, 2.45) is 5.16 Å². The molecule has 1 aromatic carbocycles. The molecule has 30 heavy (non-hydrogen) atoms. The summed E-state index contributed by atoms with van der Waals surface area (Å²) in [6.45, 7) is 9.18. The molecule has 0 aliphatic carbocycles. The van der Waals surface area contributed by atoms with Crippen molar-refractivity contribution >= 4 is 23.6 Å². The molecular weight excluding hydrogens is 406 g/mol. The predicted molar refractivity (Wildman–Crippen MR) is 118 cm³/mol. The molecule has 1 saturated heterocycles. The number of phenols is 2. The maximum atomic E-state index is 11.9. The Balaban J connectivity index is 2.05. The van der Waals surface area contributed by atoms with Crippen LogP contribution in [0.3, 0.4) is 0 Å². The van der Waals surface area contributed by atoms with Gasteiger partial charge in [-0.3, -0.25) is 4.79 Å². The van der Waals surface area contributed by atoms with E-state index in [0.29, 0.717) is 12.0 Å². The zero-order chi connectivity index (χ0) is 22.6. The lowest BCUT2D eigenvalue weighted by Gasteiger charge is -2.18. The molecule has 3 N–H and O–H groups in total. The number of benzene rings is 1. The third kappa shape index (κ3) is 5.24. The summed E-state index contributed by atoms with van der Waals surface area (Å²) in [6.07, 6.45) is 7.22. The van der Waals surface area contributed by atoms with Crippen molar-refractivity contribution < 1.29 is 25.0 Å². The quantitative estimate of drug-likeness (QED) is 0.236. The molecule has 0 amide bonds. The number of hydrogen-bond donors (Lipinski definition) is 3. The first-order chi connectivity index (χ1) is 14.0. The summed E-state index contributed by atoms with van der Waals surface area (Å²) >= 11 is 6.15. The summed E-state index contributed by atoms with van der Waals surface area (Å²) in [4.78, 5) is 11.9. The average molecular weight is 436 g/mol. The van der Waals surface area contributed by atoms with Gasteiger partial charge in [0.1, 0.15) is 17.1 Å². The second kappa shape index (κ2) is 9.67. The van der Waals surface area contributed by atoms with Gasteiger partial charge in [0.2, 0.25) is 0 Å². The van der Waals surface area contributed by atoms with Gasteiger partial charge in [-0.05, 0) is 65.0 Å². The number of oxime groups is 1. The Bertz CT molecular complexity index is 915. The first kappa shape index (κ1) is 24.0. The van der Waals surface area contributed by atoms with Gasteiger partial charge in [-0.25, -0.2) is 0 Å². The van der Waals surface area contributed by atoms with Gasteiger partial charge >= 0.3 is 0 Å². The zero-order valence-corrected chi connectivity index (χ0v) is 18.9. The highest BCUT2D eigenvalue weighted by Crippen LogP contribution is 2.40. The van der Waals surface area contributed by atoms with Crippen molar-refractivity contribution in [2.75, 3.05) is 0 Å². The Labute approximate surface area is 182 Å². The standard InChI is InChI=1S/C23H30ClNO5/c1-13(7-6-8-14(2)18-11-19(26)23(4,5)30-18)9-10-16-21(27)17(12-25-29)15(3)20(24)22(16)28/h8-9,12,18,27-29H,6-7,10-11H2,1-5H3/b13-9+,14-8+,25-12+. The topological polar surface area (TPSA) is 99.4 Å². The average Bonchev–Trinajstić information content (AvgIpc) is 2.96. The number of rotatable bonds is 7. The molecule has 2 rings (SSSR count). The number of carbonyl (C=O) groups is 1. The minimum Gasteiger partial charge on any atom is -0.507 e. The van der Waals surface area contributed by atoms with Crippen LogP contribution in [-0.4, -0.2) is 39.1 Å². The number of Topliss-reactive ketones (excluding diaryl/α,β-unsaturated/α-hetero) is 1. The van der Waals surface area contributed by atoms with Crippen LogP contribution in [0.2, 0.25) is 5.02 Å². The largest absolute Gasteiger partial charge is 0.507 e. The summed E-state index contributed by atoms with van der Waals surface area (Å²) in [5, 5.41) is 32.7. The molecule has 0 aromatic heterocycles. The number of carbonyl (C=O) groups excluding carboxylic acids is 1. The van der Waals surface area contributed by atoms with E-state index in [2.05, 4.69) is 11.2 Å².